The summed E-state index contributed by atoms with van der Waals surface area (Å²) in [4.78, 5) is 26.2. The van der Waals surface area contributed by atoms with E-state index in [9.17, 15) is 18.4 Å². The second-order valence-electron chi connectivity index (χ2n) is 5.88. The lowest BCUT2D eigenvalue weighted by molar-refractivity contribution is -0.123. The van der Waals surface area contributed by atoms with Gasteiger partial charge in [-0.25, -0.2) is 8.78 Å². The van der Waals surface area contributed by atoms with E-state index in [1.807, 2.05) is 0 Å². The van der Waals surface area contributed by atoms with Crippen LogP contribution in [0.15, 0.2) is 46.9 Å². The van der Waals surface area contributed by atoms with Crippen LogP contribution in [0.1, 0.15) is 13.8 Å². The fraction of sp³-hybridized carbons (Fsp3) is 0.263. The van der Waals surface area contributed by atoms with Gasteiger partial charge in [0.25, 0.3) is 0 Å². The number of amides is 2. The Hall–Kier alpha value is -2.32. The fourth-order valence-electron chi connectivity index (χ4n) is 2.45. The molecule has 0 fully saturated rings. The Morgan fingerprint density at radius 1 is 1.07 bits per heavy atom. The molecule has 1 atom stereocenters. The van der Waals surface area contributed by atoms with Gasteiger partial charge in [0.05, 0.1) is 12.6 Å². The van der Waals surface area contributed by atoms with Gasteiger partial charge in [-0.3, -0.25) is 14.5 Å². The third-order valence-electron chi connectivity index (χ3n) is 4.02. The molecule has 5 nitrogen and oxygen atoms in total. The molecule has 2 amide bonds. The lowest BCUT2D eigenvalue weighted by Gasteiger charge is -2.26. The Balaban J connectivity index is 1.99. The summed E-state index contributed by atoms with van der Waals surface area (Å²) >= 11 is 3.32. The molecule has 27 heavy (non-hydrogen) atoms. The summed E-state index contributed by atoms with van der Waals surface area (Å²) in [6, 6.07) is 9.82. The highest BCUT2D eigenvalue weighted by Crippen LogP contribution is 2.18. The zero-order valence-corrected chi connectivity index (χ0v) is 16.5. The Morgan fingerprint density at radius 2 is 1.67 bits per heavy atom. The molecule has 0 radical (unpaired) electrons. The average molecular weight is 440 g/mol. The van der Waals surface area contributed by atoms with E-state index in [0.717, 1.165) is 16.6 Å². The molecule has 2 N–H and O–H groups in total. The van der Waals surface area contributed by atoms with E-state index < -0.39 is 29.3 Å². The van der Waals surface area contributed by atoms with Gasteiger partial charge in [0, 0.05) is 10.2 Å². The lowest BCUT2D eigenvalue weighted by Crippen LogP contribution is -2.45. The van der Waals surface area contributed by atoms with Crippen LogP contribution in [-0.2, 0) is 9.59 Å². The molecular formula is C19H20BrF2N3O2. The molecule has 2 rings (SSSR count). The van der Waals surface area contributed by atoms with E-state index in [1.54, 1.807) is 43.0 Å². The van der Waals surface area contributed by atoms with Crippen molar-refractivity contribution in [2.45, 2.75) is 19.9 Å². The van der Waals surface area contributed by atoms with Crippen LogP contribution in [0.3, 0.4) is 0 Å². The van der Waals surface area contributed by atoms with Crippen LogP contribution >= 0.6 is 15.9 Å². The highest BCUT2D eigenvalue weighted by atomic mass is 79.9. The van der Waals surface area contributed by atoms with Crippen LogP contribution < -0.4 is 10.6 Å². The number of halogens is 3. The monoisotopic (exact) mass is 439 g/mol. The van der Waals surface area contributed by atoms with E-state index in [-0.39, 0.29) is 12.5 Å². The Labute approximate surface area is 164 Å². The normalized spacial score (nSPS) is 11.9. The maximum absolute atomic E-state index is 13.7. The molecule has 144 valence electrons. The second-order valence-corrected chi connectivity index (χ2v) is 6.80. The van der Waals surface area contributed by atoms with E-state index in [2.05, 4.69) is 26.6 Å². The average Bonchev–Trinajstić information content (AvgIpc) is 2.64. The number of nitrogens with one attached hydrogen (secondary N) is 2. The van der Waals surface area contributed by atoms with E-state index >= 15 is 0 Å². The van der Waals surface area contributed by atoms with Crippen molar-refractivity contribution in [1.29, 1.82) is 0 Å². The van der Waals surface area contributed by atoms with Crippen molar-refractivity contribution in [3.63, 3.8) is 0 Å². The van der Waals surface area contributed by atoms with Crippen molar-refractivity contribution in [2.24, 2.45) is 0 Å². The number of carbonyl (C=O) groups is 2. The first kappa shape index (κ1) is 21.0. The van der Waals surface area contributed by atoms with Crippen molar-refractivity contribution >= 4 is 39.1 Å². The van der Waals surface area contributed by atoms with E-state index in [1.165, 1.54) is 6.07 Å². The predicted molar refractivity (Wildman–Crippen MR) is 104 cm³/mol. The standard InChI is InChI=1S/C19H20BrF2N3O2/c1-3-25(11-17(26)24-18-15(21)5-4-6-16(18)22)12(2)19(27)23-14-9-7-13(20)8-10-14/h4-10,12H,3,11H2,1-2H3,(H,23,27)(H,24,26). The Morgan fingerprint density at radius 3 is 2.22 bits per heavy atom. The molecule has 2 aromatic carbocycles. The van der Waals surface area contributed by atoms with Gasteiger partial charge < -0.3 is 10.6 Å². The SMILES string of the molecule is CCN(CC(=O)Nc1c(F)cccc1F)C(C)C(=O)Nc1ccc(Br)cc1. The van der Waals surface area contributed by atoms with Gasteiger partial charge in [0.15, 0.2) is 0 Å². The number of nitrogens with zero attached hydrogens (tertiary/aromatic N) is 1. The zero-order valence-electron chi connectivity index (χ0n) is 14.9. The van der Waals surface area contributed by atoms with Gasteiger partial charge in [0.2, 0.25) is 11.8 Å². The molecule has 0 saturated heterocycles. The number of para-hydroxylation sites is 1. The van der Waals surface area contributed by atoms with Crippen LogP contribution in [-0.4, -0.2) is 35.8 Å². The first-order valence-electron chi connectivity index (χ1n) is 8.36. The number of rotatable bonds is 7. The molecule has 0 aliphatic carbocycles. The van der Waals surface area contributed by atoms with Crippen molar-refractivity contribution in [1.82, 2.24) is 4.90 Å². The van der Waals surface area contributed by atoms with E-state index in [0.29, 0.717) is 12.2 Å². The molecule has 0 aliphatic rings. The first-order valence-corrected chi connectivity index (χ1v) is 9.15. The maximum Gasteiger partial charge on any atom is 0.241 e. The Kier molecular flexibility index (Phi) is 7.44. The first-order chi connectivity index (χ1) is 12.8. The smallest absolute Gasteiger partial charge is 0.241 e. The molecule has 2 aromatic rings. The summed E-state index contributed by atoms with van der Waals surface area (Å²) in [5, 5.41) is 5.00. The molecule has 0 aliphatic heterocycles. The predicted octanol–water partition coefficient (Wildman–Crippen LogP) is 4.01. The summed E-state index contributed by atoms with van der Waals surface area (Å²) in [7, 11) is 0. The van der Waals surface area contributed by atoms with Crippen LogP contribution in [0.5, 0.6) is 0 Å². The molecule has 0 spiro atoms. The summed E-state index contributed by atoms with van der Waals surface area (Å²) in [5.74, 6) is -2.60. The molecule has 8 heteroatoms. The highest BCUT2D eigenvalue weighted by molar-refractivity contribution is 9.10. The lowest BCUT2D eigenvalue weighted by atomic mass is 10.2. The summed E-state index contributed by atoms with van der Waals surface area (Å²) in [5.41, 5.74) is 0.134. The van der Waals surface area contributed by atoms with Crippen LogP contribution in [0.2, 0.25) is 0 Å². The van der Waals surface area contributed by atoms with Crippen molar-refractivity contribution in [3.05, 3.63) is 58.6 Å². The summed E-state index contributed by atoms with van der Waals surface area (Å²) < 4.78 is 28.2. The number of likely N-dealkylation sites (N-methyl/N-ethyl adjacent to an activating group) is 1. The van der Waals surface area contributed by atoms with Gasteiger partial charge in [-0.1, -0.05) is 28.9 Å². The van der Waals surface area contributed by atoms with Gasteiger partial charge in [-0.15, -0.1) is 0 Å². The van der Waals surface area contributed by atoms with Crippen molar-refractivity contribution < 1.29 is 18.4 Å². The maximum atomic E-state index is 13.7. The molecule has 0 heterocycles. The van der Waals surface area contributed by atoms with Crippen molar-refractivity contribution in [3.8, 4) is 0 Å². The number of benzene rings is 2. The van der Waals surface area contributed by atoms with Gasteiger partial charge in [-0.05, 0) is 49.9 Å². The van der Waals surface area contributed by atoms with E-state index in [4.69, 9.17) is 0 Å². The van der Waals surface area contributed by atoms with Crippen LogP contribution in [0.4, 0.5) is 20.2 Å². The largest absolute Gasteiger partial charge is 0.325 e. The Bertz CT molecular complexity index is 795. The quantitative estimate of drug-likeness (QED) is 0.684. The highest BCUT2D eigenvalue weighted by Gasteiger charge is 2.23. The molecule has 1 unspecified atom stereocenters. The van der Waals surface area contributed by atoms with Crippen LogP contribution in [0, 0.1) is 11.6 Å². The summed E-state index contributed by atoms with van der Waals surface area (Å²) in [6.45, 7) is 3.68. The zero-order chi connectivity index (χ0) is 20.0. The third kappa shape index (κ3) is 5.83. The fourth-order valence-corrected chi connectivity index (χ4v) is 2.71. The van der Waals surface area contributed by atoms with Gasteiger partial charge in [0.1, 0.15) is 17.3 Å². The third-order valence-corrected chi connectivity index (χ3v) is 4.55. The molecular weight excluding hydrogens is 420 g/mol. The van der Waals surface area contributed by atoms with Gasteiger partial charge in [-0.2, -0.15) is 0 Å². The van der Waals surface area contributed by atoms with Gasteiger partial charge >= 0.3 is 0 Å². The number of carbonyl (C=O) groups excluding carboxylic acids is 2. The minimum atomic E-state index is -0.854. The minimum Gasteiger partial charge on any atom is -0.325 e. The number of anilines is 2. The van der Waals surface area contributed by atoms with Crippen LogP contribution in [0.25, 0.3) is 0 Å². The topological polar surface area (TPSA) is 61.4 Å². The minimum absolute atomic E-state index is 0.181. The summed E-state index contributed by atoms with van der Waals surface area (Å²) in [6.07, 6.45) is 0. The number of hydrogen-bond acceptors (Lipinski definition) is 3. The number of hydrogen-bond donors (Lipinski definition) is 2. The van der Waals surface area contributed by atoms with Crippen molar-refractivity contribution in [2.75, 3.05) is 23.7 Å². The second kappa shape index (κ2) is 9.57. The molecule has 0 bridgehead atoms. The molecule has 0 saturated carbocycles. The molecule has 0 aromatic heterocycles.